The summed E-state index contributed by atoms with van der Waals surface area (Å²) in [5.74, 6) is 0. The summed E-state index contributed by atoms with van der Waals surface area (Å²) in [6.07, 6.45) is 1.52. The maximum absolute atomic E-state index is 12.0. The SMILES string of the molecule is Cc1coc(=O)c2ccc(N(c3ccccc3)c3ccccc3)cc12. The van der Waals surface area contributed by atoms with E-state index in [2.05, 4.69) is 29.2 Å². The van der Waals surface area contributed by atoms with Crippen LogP contribution in [0.1, 0.15) is 5.56 Å². The fourth-order valence-electron chi connectivity index (χ4n) is 3.05. The van der Waals surface area contributed by atoms with Crippen molar-refractivity contribution in [2.45, 2.75) is 6.92 Å². The Kier molecular flexibility index (Phi) is 3.82. The molecule has 4 aromatic rings. The molecule has 3 aromatic carbocycles. The standard InChI is InChI=1S/C22H17NO2/c1-16-15-25-22(24)20-13-12-19(14-21(16)20)23(17-8-4-2-5-9-17)18-10-6-3-7-11-18/h2-15H,1H3. The minimum Gasteiger partial charge on any atom is -0.431 e. The van der Waals surface area contributed by atoms with E-state index in [9.17, 15) is 4.79 Å². The normalized spacial score (nSPS) is 10.8. The van der Waals surface area contributed by atoms with Crippen LogP contribution >= 0.6 is 0 Å². The lowest BCUT2D eigenvalue weighted by Crippen LogP contribution is -2.10. The highest BCUT2D eigenvalue weighted by atomic mass is 16.4. The van der Waals surface area contributed by atoms with Gasteiger partial charge in [-0.3, -0.25) is 0 Å². The molecular weight excluding hydrogens is 310 g/mol. The van der Waals surface area contributed by atoms with Crippen LogP contribution < -0.4 is 10.5 Å². The molecule has 0 radical (unpaired) electrons. The van der Waals surface area contributed by atoms with E-state index in [-0.39, 0.29) is 5.63 Å². The minimum atomic E-state index is -0.307. The van der Waals surface area contributed by atoms with Crippen molar-refractivity contribution in [2.75, 3.05) is 4.90 Å². The molecule has 0 spiro atoms. The smallest absolute Gasteiger partial charge is 0.343 e. The molecule has 0 saturated heterocycles. The molecule has 0 amide bonds. The molecule has 0 aliphatic heterocycles. The first kappa shape index (κ1) is 15.2. The van der Waals surface area contributed by atoms with Crippen LogP contribution in [0.25, 0.3) is 10.8 Å². The highest BCUT2D eigenvalue weighted by Gasteiger charge is 2.13. The van der Waals surface area contributed by atoms with E-state index in [0.717, 1.165) is 28.0 Å². The highest BCUT2D eigenvalue weighted by molar-refractivity contribution is 5.90. The van der Waals surface area contributed by atoms with Crippen LogP contribution in [-0.4, -0.2) is 0 Å². The Balaban J connectivity index is 1.95. The molecule has 0 aliphatic rings. The first-order valence-corrected chi connectivity index (χ1v) is 8.16. The lowest BCUT2D eigenvalue weighted by atomic mass is 10.1. The Morgan fingerprint density at radius 1 is 0.720 bits per heavy atom. The quantitative estimate of drug-likeness (QED) is 0.493. The van der Waals surface area contributed by atoms with Gasteiger partial charge in [0.25, 0.3) is 0 Å². The van der Waals surface area contributed by atoms with Gasteiger partial charge in [-0.1, -0.05) is 36.4 Å². The van der Waals surface area contributed by atoms with Gasteiger partial charge in [-0.25, -0.2) is 4.79 Å². The van der Waals surface area contributed by atoms with Crippen molar-refractivity contribution in [3.8, 4) is 0 Å². The monoisotopic (exact) mass is 327 g/mol. The van der Waals surface area contributed by atoms with Crippen LogP contribution in [0, 0.1) is 6.92 Å². The maximum atomic E-state index is 12.0. The number of nitrogens with zero attached hydrogens (tertiary/aromatic N) is 1. The van der Waals surface area contributed by atoms with Crippen molar-refractivity contribution in [3.63, 3.8) is 0 Å². The second-order valence-electron chi connectivity index (χ2n) is 5.94. The summed E-state index contributed by atoms with van der Waals surface area (Å²) in [5.41, 5.74) is 3.76. The predicted octanol–water partition coefficient (Wildman–Crippen LogP) is 5.57. The van der Waals surface area contributed by atoms with Crippen LogP contribution in [0.15, 0.2) is 94.3 Å². The zero-order chi connectivity index (χ0) is 17.2. The molecule has 25 heavy (non-hydrogen) atoms. The Morgan fingerprint density at radius 3 is 1.92 bits per heavy atom. The van der Waals surface area contributed by atoms with Crippen molar-refractivity contribution in [1.82, 2.24) is 0 Å². The van der Waals surface area contributed by atoms with Gasteiger partial charge in [0, 0.05) is 17.1 Å². The lowest BCUT2D eigenvalue weighted by Gasteiger charge is -2.25. The van der Waals surface area contributed by atoms with Gasteiger partial charge in [0.15, 0.2) is 0 Å². The Bertz CT molecular complexity index is 1030. The van der Waals surface area contributed by atoms with E-state index in [0.29, 0.717) is 5.39 Å². The average Bonchev–Trinajstić information content (AvgIpc) is 2.67. The Hall–Kier alpha value is -3.33. The van der Waals surface area contributed by atoms with Gasteiger partial charge >= 0.3 is 5.63 Å². The zero-order valence-electron chi connectivity index (χ0n) is 13.8. The minimum absolute atomic E-state index is 0.307. The fraction of sp³-hybridized carbons (Fsp3) is 0.0455. The number of para-hydroxylation sites is 2. The topological polar surface area (TPSA) is 33.5 Å². The first-order valence-electron chi connectivity index (χ1n) is 8.16. The molecule has 0 saturated carbocycles. The molecule has 1 aromatic heterocycles. The van der Waals surface area contributed by atoms with Crippen LogP contribution in [-0.2, 0) is 0 Å². The van der Waals surface area contributed by atoms with E-state index < -0.39 is 0 Å². The number of benzene rings is 3. The van der Waals surface area contributed by atoms with E-state index >= 15 is 0 Å². The number of hydrogen-bond donors (Lipinski definition) is 0. The number of fused-ring (bicyclic) bond motifs is 1. The third-order valence-electron chi connectivity index (χ3n) is 4.28. The number of aryl methyl sites for hydroxylation is 1. The molecule has 0 bridgehead atoms. The van der Waals surface area contributed by atoms with Crippen molar-refractivity contribution in [2.24, 2.45) is 0 Å². The third-order valence-corrected chi connectivity index (χ3v) is 4.28. The number of hydrogen-bond acceptors (Lipinski definition) is 3. The van der Waals surface area contributed by atoms with E-state index in [1.807, 2.05) is 61.5 Å². The van der Waals surface area contributed by atoms with Crippen LogP contribution in [0.2, 0.25) is 0 Å². The van der Waals surface area contributed by atoms with Crippen LogP contribution in [0.3, 0.4) is 0 Å². The molecule has 3 nitrogen and oxygen atoms in total. The summed E-state index contributed by atoms with van der Waals surface area (Å²) < 4.78 is 5.07. The second kappa shape index (κ2) is 6.29. The molecular formula is C22H17NO2. The fourth-order valence-corrected chi connectivity index (χ4v) is 3.05. The van der Waals surface area contributed by atoms with Gasteiger partial charge in [-0.05, 0) is 60.3 Å². The second-order valence-corrected chi connectivity index (χ2v) is 5.94. The maximum Gasteiger partial charge on any atom is 0.343 e. The summed E-state index contributed by atoms with van der Waals surface area (Å²) in [6, 6.07) is 26.2. The molecule has 1 heterocycles. The molecule has 0 unspecified atom stereocenters. The molecule has 3 heteroatoms. The zero-order valence-corrected chi connectivity index (χ0v) is 13.8. The van der Waals surface area contributed by atoms with Gasteiger partial charge in [0.1, 0.15) is 0 Å². The predicted molar refractivity (Wildman–Crippen MR) is 102 cm³/mol. The number of rotatable bonds is 3. The molecule has 122 valence electrons. The van der Waals surface area contributed by atoms with Crippen molar-refractivity contribution in [3.05, 3.63) is 101 Å². The van der Waals surface area contributed by atoms with Crippen molar-refractivity contribution in [1.29, 1.82) is 0 Å². The summed E-state index contributed by atoms with van der Waals surface area (Å²) in [5, 5.41) is 1.51. The molecule has 0 atom stereocenters. The van der Waals surface area contributed by atoms with E-state index in [4.69, 9.17) is 4.42 Å². The lowest BCUT2D eigenvalue weighted by molar-refractivity contribution is 0.516. The van der Waals surface area contributed by atoms with Crippen molar-refractivity contribution < 1.29 is 4.42 Å². The van der Waals surface area contributed by atoms with Gasteiger partial charge in [-0.15, -0.1) is 0 Å². The van der Waals surface area contributed by atoms with Gasteiger partial charge < -0.3 is 9.32 Å². The van der Waals surface area contributed by atoms with Crippen molar-refractivity contribution >= 4 is 27.8 Å². The highest BCUT2D eigenvalue weighted by Crippen LogP contribution is 2.35. The van der Waals surface area contributed by atoms with Gasteiger partial charge in [-0.2, -0.15) is 0 Å². The first-order chi connectivity index (χ1) is 12.2. The van der Waals surface area contributed by atoms with Crippen LogP contribution in [0.4, 0.5) is 17.1 Å². The average molecular weight is 327 g/mol. The molecule has 0 N–H and O–H groups in total. The van der Waals surface area contributed by atoms with Crippen LogP contribution in [0.5, 0.6) is 0 Å². The van der Waals surface area contributed by atoms with E-state index in [1.54, 1.807) is 0 Å². The number of anilines is 3. The van der Waals surface area contributed by atoms with E-state index in [1.165, 1.54) is 6.26 Å². The van der Waals surface area contributed by atoms with Gasteiger partial charge in [0.05, 0.1) is 11.6 Å². The largest absolute Gasteiger partial charge is 0.431 e. The summed E-state index contributed by atoms with van der Waals surface area (Å²) in [7, 11) is 0. The summed E-state index contributed by atoms with van der Waals surface area (Å²) in [4.78, 5) is 14.1. The van der Waals surface area contributed by atoms with Gasteiger partial charge in [0.2, 0.25) is 0 Å². The molecule has 4 rings (SSSR count). The third kappa shape index (κ3) is 2.81. The molecule has 0 fully saturated rings. The molecule has 0 aliphatic carbocycles. The summed E-state index contributed by atoms with van der Waals surface area (Å²) in [6.45, 7) is 1.95. The Morgan fingerprint density at radius 2 is 1.32 bits per heavy atom. The summed E-state index contributed by atoms with van der Waals surface area (Å²) >= 11 is 0. The Labute approximate surface area is 145 Å².